The molecule has 0 aromatic heterocycles. The molecule has 1 aliphatic rings. The number of amides is 2. The van der Waals surface area contributed by atoms with Gasteiger partial charge in [0.05, 0.1) is 25.0 Å². The van der Waals surface area contributed by atoms with Gasteiger partial charge in [0.15, 0.2) is 11.5 Å². The van der Waals surface area contributed by atoms with Crippen molar-refractivity contribution in [3.05, 3.63) is 59.2 Å². The summed E-state index contributed by atoms with van der Waals surface area (Å²) in [6.45, 7) is 2.14. The zero-order chi connectivity index (χ0) is 20.3. The van der Waals surface area contributed by atoms with Crippen molar-refractivity contribution >= 4 is 29.5 Å². The SMILES string of the molecule is CCOc1cc(/C=C2\C(=O)NN(c3ccc(C(=O)OC)cc3)C2=O)ccc1O. The monoisotopic (exact) mass is 382 g/mol. The molecule has 2 N–H and O–H groups in total. The molecular weight excluding hydrogens is 364 g/mol. The first-order valence-corrected chi connectivity index (χ1v) is 8.46. The second-order valence-electron chi connectivity index (χ2n) is 5.84. The summed E-state index contributed by atoms with van der Waals surface area (Å²) in [5.74, 6) is -1.37. The molecule has 1 heterocycles. The topological polar surface area (TPSA) is 105 Å². The molecule has 0 atom stereocenters. The molecule has 8 heteroatoms. The summed E-state index contributed by atoms with van der Waals surface area (Å²) in [4.78, 5) is 36.5. The van der Waals surface area contributed by atoms with Gasteiger partial charge in [0.2, 0.25) is 0 Å². The number of aromatic hydroxyl groups is 1. The predicted octanol–water partition coefficient (Wildman–Crippen LogP) is 2.04. The van der Waals surface area contributed by atoms with Gasteiger partial charge < -0.3 is 14.6 Å². The second-order valence-corrected chi connectivity index (χ2v) is 5.84. The van der Waals surface area contributed by atoms with Crippen LogP contribution in [0.5, 0.6) is 11.5 Å². The number of anilines is 1. The number of benzene rings is 2. The van der Waals surface area contributed by atoms with E-state index in [4.69, 9.17) is 4.74 Å². The average Bonchev–Trinajstić information content (AvgIpc) is 2.98. The quantitative estimate of drug-likeness (QED) is 0.466. The lowest BCUT2D eigenvalue weighted by molar-refractivity contribution is -0.117. The van der Waals surface area contributed by atoms with Crippen molar-refractivity contribution in [1.82, 2.24) is 5.43 Å². The third-order valence-electron chi connectivity index (χ3n) is 4.03. The predicted molar refractivity (Wildman–Crippen MR) is 101 cm³/mol. The van der Waals surface area contributed by atoms with Crippen molar-refractivity contribution in [1.29, 1.82) is 0 Å². The molecule has 0 bridgehead atoms. The maximum atomic E-state index is 12.7. The fraction of sp³-hybridized carbons (Fsp3) is 0.150. The lowest BCUT2D eigenvalue weighted by Crippen LogP contribution is -2.35. The number of esters is 1. The third kappa shape index (κ3) is 3.66. The second kappa shape index (κ2) is 7.83. The Kier molecular flexibility index (Phi) is 5.30. The van der Waals surface area contributed by atoms with Gasteiger partial charge in [-0.25, -0.2) is 9.80 Å². The molecule has 8 nitrogen and oxygen atoms in total. The Balaban J connectivity index is 1.86. The van der Waals surface area contributed by atoms with Crippen molar-refractivity contribution in [3.63, 3.8) is 0 Å². The van der Waals surface area contributed by atoms with Gasteiger partial charge in [-0.05, 0) is 55.0 Å². The van der Waals surface area contributed by atoms with Gasteiger partial charge in [-0.3, -0.25) is 15.0 Å². The largest absolute Gasteiger partial charge is 0.504 e. The fourth-order valence-corrected chi connectivity index (χ4v) is 2.66. The molecule has 1 saturated heterocycles. The smallest absolute Gasteiger partial charge is 0.337 e. The minimum atomic E-state index is -0.562. The summed E-state index contributed by atoms with van der Waals surface area (Å²) < 4.78 is 9.94. The highest BCUT2D eigenvalue weighted by Crippen LogP contribution is 2.29. The lowest BCUT2D eigenvalue weighted by atomic mass is 10.1. The van der Waals surface area contributed by atoms with Crippen LogP contribution in [0.2, 0.25) is 0 Å². The molecule has 28 heavy (non-hydrogen) atoms. The Hall–Kier alpha value is -3.81. The molecule has 0 saturated carbocycles. The van der Waals surface area contributed by atoms with Crippen LogP contribution in [0.3, 0.4) is 0 Å². The molecule has 0 spiro atoms. The number of methoxy groups -OCH3 is 1. The van der Waals surface area contributed by atoms with Crippen LogP contribution in [0.1, 0.15) is 22.8 Å². The van der Waals surface area contributed by atoms with Gasteiger partial charge in [-0.15, -0.1) is 0 Å². The van der Waals surface area contributed by atoms with E-state index in [0.29, 0.717) is 23.4 Å². The normalized spacial score (nSPS) is 14.9. The van der Waals surface area contributed by atoms with E-state index >= 15 is 0 Å². The molecule has 1 fully saturated rings. The van der Waals surface area contributed by atoms with Crippen LogP contribution in [-0.4, -0.2) is 36.6 Å². The van der Waals surface area contributed by atoms with Crippen LogP contribution in [0.15, 0.2) is 48.0 Å². The summed E-state index contributed by atoms with van der Waals surface area (Å²) in [6.07, 6.45) is 1.42. The summed E-state index contributed by atoms with van der Waals surface area (Å²) in [7, 11) is 1.28. The van der Waals surface area contributed by atoms with E-state index in [1.54, 1.807) is 19.1 Å². The first-order valence-electron chi connectivity index (χ1n) is 8.46. The molecule has 3 rings (SSSR count). The molecule has 144 valence electrons. The van der Waals surface area contributed by atoms with Crippen molar-refractivity contribution in [2.45, 2.75) is 6.92 Å². The van der Waals surface area contributed by atoms with E-state index in [1.165, 1.54) is 43.5 Å². The van der Waals surface area contributed by atoms with Crippen LogP contribution < -0.4 is 15.2 Å². The van der Waals surface area contributed by atoms with E-state index in [0.717, 1.165) is 5.01 Å². The summed E-state index contributed by atoms with van der Waals surface area (Å²) in [5.41, 5.74) is 3.67. The van der Waals surface area contributed by atoms with Gasteiger partial charge in [-0.2, -0.15) is 0 Å². The zero-order valence-corrected chi connectivity index (χ0v) is 15.3. The van der Waals surface area contributed by atoms with Gasteiger partial charge >= 0.3 is 5.97 Å². The number of rotatable bonds is 5. The van der Waals surface area contributed by atoms with Crippen LogP contribution in [0.25, 0.3) is 6.08 Å². The number of nitrogens with zero attached hydrogens (tertiary/aromatic N) is 1. The van der Waals surface area contributed by atoms with E-state index in [9.17, 15) is 19.5 Å². The number of carbonyl (C=O) groups excluding carboxylic acids is 3. The number of ether oxygens (including phenoxy) is 2. The minimum absolute atomic E-state index is 0.0291. The Morgan fingerprint density at radius 1 is 1.18 bits per heavy atom. The van der Waals surface area contributed by atoms with E-state index in [-0.39, 0.29) is 17.1 Å². The van der Waals surface area contributed by atoms with Crippen LogP contribution in [0, 0.1) is 0 Å². The van der Waals surface area contributed by atoms with Crippen molar-refractivity contribution in [2.24, 2.45) is 0 Å². The molecule has 0 unspecified atom stereocenters. The van der Waals surface area contributed by atoms with Gasteiger partial charge in [0.1, 0.15) is 5.57 Å². The third-order valence-corrected chi connectivity index (χ3v) is 4.03. The molecular formula is C20H18N2O6. The number of nitrogens with one attached hydrogen (secondary N) is 1. The van der Waals surface area contributed by atoms with Gasteiger partial charge in [0, 0.05) is 0 Å². The molecule has 2 amide bonds. The van der Waals surface area contributed by atoms with Crippen LogP contribution >= 0.6 is 0 Å². The highest BCUT2D eigenvalue weighted by atomic mass is 16.5. The van der Waals surface area contributed by atoms with Crippen molar-refractivity contribution in [2.75, 3.05) is 18.7 Å². The number of phenolic OH excluding ortho intramolecular Hbond substituents is 1. The highest BCUT2D eigenvalue weighted by Gasteiger charge is 2.34. The van der Waals surface area contributed by atoms with Crippen molar-refractivity contribution < 1.29 is 29.0 Å². The number of hydrogen-bond donors (Lipinski definition) is 2. The molecule has 0 radical (unpaired) electrons. The fourth-order valence-electron chi connectivity index (χ4n) is 2.66. The van der Waals surface area contributed by atoms with E-state index in [1.807, 2.05) is 0 Å². The first kappa shape index (κ1) is 19.0. The first-order chi connectivity index (χ1) is 13.4. The van der Waals surface area contributed by atoms with E-state index < -0.39 is 17.8 Å². The standard InChI is InChI=1S/C20H18N2O6/c1-3-28-17-11-12(4-9-16(17)23)10-15-18(24)21-22(19(15)25)14-7-5-13(6-8-14)20(26)27-2/h4-11,23H,3H2,1-2H3,(H,21,24)/b15-10+. The Morgan fingerprint density at radius 3 is 2.54 bits per heavy atom. The lowest BCUT2D eigenvalue weighted by Gasteiger charge is -2.14. The summed E-state index contributed by atoms with van der Waals surface area (Å²) in [6, 6.07) is 10.6. The highest BCUT2D eigenvalue weighted by molar-refractivity contribution is 6.31. The Bertz CT molecular complexity index is 965. The Morgan fingerprint density at radius 2 is 1.89 bits per heavy atom. The maximum Gasteiger partial charge on any atom is 0.337 e. The number of carbonyl (C=O) groups is 3. The molecule has 1 aliphatic heterocycles. The number of phenols is 1. The van der Waals surface area contributed by atoms with Gasteiger partial charge in [-0.1, -0.05) is 6.07 Å². The van der Waals surface area contributed by atoms with Crippen LogP contribution in [0.4, 0.5) is 5.69 Å². The minimum Gasteiger partial charge on any atom is -0.504 e. The average molecular weight is 382 g/mol. The molecule has 2 aromatic rings. The molecule has 2 aromatic carbocycles. The summed E-state index contributed by atoms with van der Waals surface area (Å²) >= 11 is 0. The van der Waals surface area contributed by atoms with Crippen LogP contribution in [-0.2, 0) is 14.3 Å². The van der Waals surface area contributed by atoms with E-state index in [2.05, 4.69) is 10.2 Å². The molecule has 0 aliphatic carbocycles. The zero-order valence-electron chi connectivity index (χ0n) is 15.3. The number of hydrazine groups is 1. The Labute approximate surface area is 160 Å². The van der Waals surface area contributed by atoms with Crippen molar-refractivity contribution in [3.8, 4) is 11.5 Å². The summed E-state index contributed by atoms with van der Waals surface area (Å²) in [5, 5.41) is 10.9. The maximum absolute atomic E-state index is 12.7. The van der Waals surface area contributed by atoms with Gasteiger partial charge in [0.25, 0.3) is 11.8 Å². The number of hydrogen-bond acceptors (Lipinski definition) is 6.